The number of carboxylic acid groups (broad SMARTS) is 1. The highest BCUT2D eigenvalue weighted by atomic mass is 35.5. The molecule has 1 aromatic rings. The highest BCUT2D eigenvalue weighted by molar-refractivity contribution is 7.91. The minimum Gasteiger partial charge on any atom is -0.480 e. The largest absolute Gasteiger partial charge is 0.480 e. The van der Waals surface area contributed by atoms with Gasteiger partial charge in [0.05, 0.1) is 4.34 Å². The first-order valence-electron chi connectivity index (χ1n) is 4.79. The Balaban J connectivity index is 3.00. The fraction of sp³-hybridized carbons (Fsp3) is 0.444. The van der Waals surface area contributed by atoms with E-state index in [1.165, 1.54) is 6.07 Å². The van der Waals surface area contributed by atoms with Gasteiger partial charge in [-0.3, -0.25) is 4.79 Å². The zero-order chi connectivity index (χ0) is 13.2. The average molecular weight is 298 g/mol. The van der Waals surface area contributed by atoms with Crippen molar-refractivity contribution < 1.29 is 18.3 Å². The summed E-state index contributed by atoms with van der Waals surface area (Å²) in [7, 11) is -3.82. The van der Waals surface area contributed by atoms with Gasteiger partial charge in [-0.15, -0.1) is 11.3 Å². The summed E-state index contributed by atoms with van der Waals surface area (Å²) in [6.45, 7) is 3.28. The lowest BCUT2D eigenvalue weighted by molar-refractivity contribution is -0.139. The molecule has 0 fully saturated rings. The van der Waals surface area contributed by atoms with Crippen molar-refractivity contribution in [3.05, 3.63) is 16.0 Å². The zero-order valence-corrected chi connectivity index (χ0v) is 11.6. The highest BCUT2D eigenvalue weighted by Crippen LogP contribution is 2.30. The lowest BCUT2D eigenvalue weighted by Gasteiger charge is -2.11. The summed E-state index contributed by atoms with van der Waals surface area (Å²) >= 11 is 6.69. The number of halogens is 1. The van der Waals surface area contributed by atoms with Crippen LogP contribution >= 0.6 is 22.9 Å². The molecule has 0 aliphatic carbocycles. The fourth-order valence-corrected chi connectivity index (χ4v) is 4.11. The molecule has 8 heteroatoms. The second kappa shape index (κ2) is 5.34. The van der Waals surface area contributed by atoms with E-state index in [2.05, 4.69) is 4.72 Å². The summed E-state index contributed by atoms with van der Waals surface area (Å²) in [5, 5.41) is 8.79. The van der Waals surface area contributed by atoms with E-state index in [1.807, 2.05) is 0 Å². The van der Waals surface area contributed by atoms with Crippen LogP contribution in [0.4, 0.5) is 0 Å². The molecule has 0 spiro atoms. The van der Waals surface area contributed by atoms with E-state index >= 15 is 0 Å². The van der Waals surface area contributed by atoms with Gasteiger partial charge >= 0.3 is 5.97 Å². The normalized spacial score (nSPS) is 13.6. The summed E-state index contributed by atoms with van der Waals surface area (Å²) in [5.74, 6) is -1.20. The van der Waals surface area contributed by atoms with E-state index < -0.39 is 22.0 Å². The molecule has 1 atom stereocenters. The molecule has 0 aromatic carbocycles. The first-order chi connectivity index (χ1) is 7.77. The molecule has 0 saturated heterocycles. The molecule has 1 aromatic heterocycles. The first-order valence-corrected chi connectivity index (χ1v) is 7.46. The topological polar surface area (TPSA) is 83.5 Å². The molecule has 0 radical (unpaired) electrons. The summed E-state index contributed by atoms with van der Waals surface area (Å²) in [6.07, 6.45) is 0.173. The van der Waals surface area contributed by atoms with Crippen molar-refractivity contribution in [3.63, 3.8) is 0 Å². The fourth-order valence-electron chi connectivity index (χ4n) is 1.12. The van der Waals surface area contributed by atoms with E-state index in [9.17, 15) is 13.2 Å². The third-order valence-electron chi connectivity index (χ3n) is 2.10. The Morgan fingerprint density at radius 1 is 1.65 bits per heavy atom. The number of sulfonamides is 1. The lowest BCUT2D eigenvalue weighted by atomic mass is 10.2. The van der Waals surface area contributed by atoms with Gasteiger partial charge < -0.3 is 5.11 Å². The molecule has 5 nitrogen and oxygen atoms in total. The molecule has 0 saturated carbocycles. The number of carbonyl (C=O) groups is 1. The minimum atomic E-state index is -3.82. The summed E-state index contributed by atoms with van der Waals surface area (Å²) in [5.41, 5.74) is 0.653. The van der Waals surface area contributed by atoms with Crippen LogP contribution in [-0.2, 0) is 14.8 Å². The van der Waals surface area contributed by atoms with Crippen LogP contribution in [0.3, 0.4) is 0 Å². The van der Waals surface area contributed by atoms with Gasteiger partial charge in [0, 0.05) is 0 Å². The molecule has 0 aliphatic heterocycles. The van der Waals surface area contributed by atoms with Crippen LogP contribution in [0.25, 0.3) is 0 Å². The van der Waals surface area contributed by atoms with Crippen LogP contribution in [0.1, 0.15) is 18.9 Å². The second-order valence-corrected chi connectivity index (χ2v) is 7.04. The summed E-state index contributed by atoms with van der Waals surface area (Å²) in [4.78, 5) is 10.8. The Hall–Kier alpha value is -0.630. The van der Waals surface area contributed by atoms with E-state index in [4.69, 9.17) is 16.7 Å². The molecule has 1 rings (SSSR count). The Morgan fingerprint density at radius 3 is 2.59 bits per heavy atom. The third kappa shape index (κ3) is 3.41. The maximum atomic E-state index is 11.8. The molecule has 0 bridgehead atoms. The van der Waals surface area contributed by atoms with E-state index in [1.54, 1.807) is 13.8 Å². The van der Waals surface area contributed by atoms with Crippen LogP contribution in [-0.4, -0.2) is 25.5 Å². The van der Waals surface area contributed by atoms with Crippen molar-refractivity contribution in [2.75, 3.05) is 0 Å². The molecule has 96 valence electrons. The Bertz CT molecular complexity index is 504. The van der Waals surface area contributed by atoms with Crippen LogP contribution in [0.2, 0.25) is 4.34 Å². The molecular weight excluding hydrogens is 286 g/mol. The number of aliphatic carboxylic acids is 1. The molecule has 17 heavy (non-hydrogen) atoms. The number of nitrogens with one attached hydrogen (secondary N) is 1. The summed E-state index contributed by atoms with van der Waals surface area (Å²) < 4.78 is 26.2. The Morgan fingerprint density at radius 2 is 2.24 bits per heavy atom. The van der Waals surface area contributed by atoms with Crippen molar-refractivity contribution in [1.29, 1.82) is 0 Å². The van der Waals surface area contributed by atoms with Crippen LogP contribution in [0.5, 0.6) is 0 Å². The second-order valence-electron chi connectivity index (χ2n) is 3.44. The van der Waals surface area contributed by atoms with Gasteiger partial charge in [0.2, 0.25) is 0 Å². The number of aryl methyl sites for hydroxylation is 1. The third-order valence-corrected chi connectivity index (χ3v) is 5.60. The quantitative estimate of drug-likeness (QED) is 0.869. The monoisotopic (exact) mass is 297 g/mol. The van der Waals surface area contributed by atoms with E-state index in [-0.39, 0.29) is 10.6 Å². The lowest BCUT2D eigenvalue weighted by Crippen LogP contribution is -2.39. The van der Waals surface area contributed by atoms with Gasteiger partial charge in [-0.2, -0.15) is 4.72 Å². The standard InChI is InChI=1S/C9H12ClNO4S2/c1-3-6(9(12)13)11-17(14,15)7-4-5(2)8(10)16-7/h4,6,11H,3H2,1-2H3,(H,12,13)/t6-/m0/s1. The van der Waals surface area contributed by atoms with Gasteiger partial charge in [-0.25, -0.2) is 8.42 Å². The maximum Gasteiger partial charge on any atom is 0.321 e. The highest BCUT2D eigenvalue weighted by Gasteiger charge is 2.25. The van der Waals surface area contributed by atoms with Crippen molar-refractivity contribution in [1.82, 2.24) is 4.72 Å². The molecule has 0 amide bonds. The Labute approximate surface area is 108 Å². The zero-order valence-electron chi connectivity index (χ0n) is 9.23. The van der Waals surface area contributed by atoms with Gasteiger partial charge in [0.15, 0.2) is 0 Å². The van der Waals surface area contributed by atoms with Crippen LogP contribution in [0.15, 0.2) is 10.3 Å². The number of hydrogen-bond acceptors (Lipinski definition) is 4. The predicted octanol–water partition coefficient (Wildman–Crippen LogP) is 1.85. The van der Waals surface area contributed by atoms with Gasteiger partial charge in [-0.05, 0) is 25.0 Å². The number of rotatable bonds is 5. The van der Waals surface area contributed by atoms with Crippen molar-refractivity contribution in [2.24, 2.45) is 0 Å². The Kier molecular flexibility index (Phi) is 4.54. The van der Waals surface area contributed by atoms with Crippen molar-refractivity contribution >= 4 is 38.9 Å². The molecular formula is C9H12ClNO4S2. The van der Waals surface area contributed by atoms with Crippen molar-refractivity contribution in [2.45, 2.75) is 30.5 Å². The average Bonchev–Trinajstić information content (AvgIpc) is 2.56. The predicted molar refractivity (Wildman–Crippen MR) is 66.1 cm³/mol. The van der Waals surface area contributed by atoms with E-state index in [0.29, 0.717) is 9.90 Å². The minimum absolute atomic E-state index is 0.0275. The number of carboxylic acids is 1. The van der Waals surface area contributed by atoms with Crippen molar-refractivity contribution in [3.8, 4) is 0 Å². The number of hydrogen-bond donors (Lipinski definition) is 2. The maximum absolute atomic E-state index is 11.8. The molecule has 0 unspecified atom stereocenters. The smallest absolute Gasteiger partial charge is 0.321 e. The SMILES string of the molecule is CC[C@H](NS(=O)(=O)c1cc(C)c(Cl)s1)C(=O)O. The molecule has 2 N–H and O–H groups in total. The molecule has 0 aliphatic rings. The van der Waals surface area contributed by atoms with Gasteiger partial charge in [-0.1, -0.05) is 18.5 Å². The van der Waals surface area contributed by atoms with Crippen LogP contribution in [0, 0.1) is 6.92 Å². The first kappa shape index (κ1) is 14.4. The number of thiophene rings is 1. The van der Waals surface area contributed by atoms with Crippen LogP contribution < -0.4 is 4.72 Å². The summed E-state index contributed by atoms with van der Waals surface area (Å²) in [6, 6.07) is 0.297. The van der Waals surface area contributed by atoms with Gasteiger partial charge in [0.1, 0.15) is 10.3 Å². The van der Waals surface area contributed by atoms with E-state index in [0.717, 1.165) is 11.3 Å². The molecule has 1 heterocycles. The van der Waals surface area contributed by atoms with Gasteiger partial charge in [0.25, 0.3) is 10.0 Å².